The summed E-state index contributed by atoms with van der Waals surface area (Å²) in [6, 6.07) is 6.24. The fraction of sp³-hybridized carbons (Fsp3) is 0.235. The second-order valence-corrected chi connectivity index (χ2v) is 8.89. The van der Waals surface area contributed by atoms with Crippen LogP contribution in [0.1, 0.15) is 10.5 Å². The molecule has 0 unspecified atom stereocenters. The number of hydrogen-bond acceptors (Lipinski definition) is 5. The molecular formula is C17H15Cl2N5O3S. The Kier molecular flexibility index (Phi) is 5.00. The van der Waals surface area contributed by atoms with Crippen molar-refractivity contribution in [2.45, 2.75) is 4.90 Å². The van der Waals surface area contributed by atoms with Gasteiger partial charge in [-0.3, -0.25) is 9.20 Å². The lowest BCUT2D eigenvalue weighted by Crippen LogP contribution is -2.50. The van der Waals surface area contributed by atoms with E-state index >= 15 is 0 Å². The first-order valence-electron chi connectivity index (χ1n) is 8.41. The van der Waals surface area contributed by atoms with Crippen molar-refractivity contribution in [3.05, 3.63) is 58.6 Å². The Morgan fingerprint density at radius 1 is 1.07 bits per heavy atom. The molecule has 2 aromatic heterocycles. The molecule has 0 N–H and O–H groups in total. The molecule has 1 aliphatic heterocycles. The van der Waals surface area contributed by atoms with Gasteiger partial charge in [0.05, 0.1) is 10.0 Å². The van der Waals surface area contributed by atoms with Gasteiger partial charge in [-0.2, -0.15) is 4.31 Å². The first-order valence-corrected chi connectivity index (χ1v) is 10.6. The lowest BCUT2D eigenvalue weighted by Gasteiger charge is -2.33. The van der Waals surface area contributed by atoms with Gasteiger partial charge in [-0.25, -0.2) is 18.4 Å². The molecular weight excluding hydrogens is 425 g/mol. The number of carbonyl (C=O) groups excluding carboxylic acids is 1. The summed E-state index contributed by atoms with van der Waals surface area (Å²) in [5, 5.41) is 0.178. The van der Waals surface area contributed by atoms with Gasteiger partial charge in [-0.05, 0) is 18.2 Å². The van der Waals surface area contributed by atoms with Gasteiger partial charge in [-0.1, -0.05) is 29.3 Å². The minimum absolute atomic E-state index is 0.000118. The molecule has 3 aromatic rings. The van der Waals surface area contributed by atoms with Gasteiger partial charge < -0.3 is 4.90 Å². The largest absolute Gasteiger partial charge is 0.335 e. The van der Waals surface area contributed by atoms with Crippen LogP contribution in [0, 0.1) is 0 Å². The molecule has 0 atom stereocenters. The van der Waals surface area contributed by atoms with Crippen molar-refractivity contribution in [1.29, 1.82) is 0 Å². The van der Waals surface area contributed by atoms with Gasteiger partial charge >= 0.3 is 0 Å². The summed E-state index contributed by atoms with van der Waals surface area (Å²) in [4.78, 5) is 22.6. The molecule has 0 bridgehead atoms. The number of benzene rings is 1. The van der Waals surface area contributed by atoms with Gasteiger partial charge in [0, 0.05) is 44.8 Å². The normalized spacial score (nSPS) is 15.9. The first-order chi connectivity index (χ1) is 13.4. The summed E-state index contributed by atoms with van der Waals surface area (Å²) in [7, 11) is -3.80. The van der Waals surface area contributed by atoms with Crippen LogP contribution in [0.3, 0.4) is 0 Å². The van der Waals surface area contributed by atoms with Gasteiger partial charge in [0.2, 0.25) is 15.8 Å². The third kappa shape index (κ3) is 3.35. The summed E-state index contributed by atoms with van der Waals surface area (Å²) < 4.78 is 28.7. The highest BCUT2D eigenvalue weighted by Crippen LogP contribution is 2.31. The second-order valence-electron chi connectivity index (χ2n) is 6.20. The molecule has 0 spiro atoms. The minimum Gasteiger partial charge on any atom is -0.335 e. The van der Waals surface area contributed by atoms with Crippen molar-refractivity contribution >= 4 is 44.9 Å². The zero-order valence-electron chi connectivity index (χ0n) is 14.5. The van der Waals surface area contributed by atoms with Crippen LogP contribution in [0.4, 0.5) is 0 Å². The van der Waals surface area contributed by atoms with Crippen LogP contribution in [0.25, 0.3) is 5.78 Å². The van der Waals surface area contributed by atoms with E-state index in [1.807, 2.05) is 0 Å². The van der Waals surface area contributed by atoms with Gasteiger partial charge in [0.15, 0.2) is 0 Å². The third-order valence-corrected chi connectivity index (χ3v) is 7.39. The molecule has 1 aromatic carbocycles. The van der Waals surface area contributed by atoms with Crippen LogP contribution in [-0.2, 0) is 10.0 Å². The number of sulfonamides is 1. The van der Waals surface area contributed by atoms with E-state index in [1.54, 1.807) is 34.0 Å². The van der Waals surface area contributed by atoms with Crippen LogP contribution in [0.15, 0.2) is 47.8 Å². The third-order valence-electron chi connectivity index (χ3n) is 4.51. The molecule has 1 amide bonds. The van der Waals surface area contributed by atoms with Crippen LogP contribution in [0.2, 0.25) is 10.0 Å². The Bertz CT molecular complexity index is 1120. The van der Waals surface area contributed by atoms with E-state index in [-0.39, 0.29) is 52.7 Å². The number of rotatable bonds is 3. The standard InChI is InChI=1S/C17H15Cl2N5O3S/c18-12-3-1-4-14(15(12)19)28(26,27)24-9-7-22(8-10-24)16(25)13-11-23-6-2-5-20-17(23)21-13/h1-6,11H,7-10H2. The lowest BCUT2D eigenvalue weighted by atomic mass is 10.3. The molecule has 28 heavy (non-hydrogen) atoms. The zero-order chi connectivity index (χ0) is 19.9. The van der Waals surface area contributed by atoms with Gasteiger partial charge in [-0.15, -0.1) is 0 Å². The highest BCUT2D eigenvalue weighted by Gasteiger charge is 2.32. The SMILES string of the molecule is O=C(c1cn2cccnc2n1)N1CCN(S(=O)(=O)c2cccc(Cl)c2Cl)CC1. The van der Waals surface area contributed by atoms with Crippen LogP contribution < -0.4 is 0 Å². The van der Waals surface area contributed by atoms with Crippen molar-refractivity contribution in [2.75, 3.05) is 26.2 Å². The Labute approximate surface area is 171 Å². The molecule has 4 rings (SSSR count). The van der Waals surface area contributed by atoms with E-state index < -0.39 is 10.0 Å². The molecule has 146 valence electrons. The molecule has 1 saturated heterocycles. The Hall–Kier alpha value is -2.20. The molecule has 11 heteroatoms. The van der Waals surface area contributed by atoms with Crippen molar-refractivity contribution in [2.24, 2.45) is 0 Å². The Balaban J connectivity index is 1.49. The second kappa shape index (κ2) is 7.32. The highest BCUT2D eigenvalue weighted by atomic mass is 35.5. The number of halogens is 2. The number of fused-ring (bicyclic) bond motifs is 1. The maximum Gasteiger partial charge on any atom is 0.274 e. The van der Waals surface area contributed by atoms with Crippen molar-refractivity contribution in [1.82, 2.24) is 23.6 Å². The summed E-state index contributed by atoms with van der Waals surface area (Å²) in [5.41, 5.74) is 0.271. The van der Waals surface area contributed by atoms with E-state index in [4.69, 9.17) is 23.2 Å². The number of amides is 1. The monoisotopic (exact) mass is 439 g/mol. The fourth-order valence-electron chi connectivity index (χ4n) is 3.05. The molecule has 3 heterocycles. The van der Waals surface area contributed by atoms with Crippen LogP contribution in [0.5, 0.6) is 0 Å². The molecule has 1 fully saturated rings. The molecule has 0 radical (unpaired) electrons. The maximum absolute atomic E-state index is 12.9. The number of piperazine rings is 1. The lowest BCUT2D eigenvalue weighted by molar-refractivity contribution is 0.0692. The van der Waals surface area contributed by atoms with Crippen LogP contribution in [-0.4, -0.2) is 64.1 Å². The van der Waals surface area contributed by atoms with Gasteiger partial charge in [0.25, 0.3) is 5.91 Å². The van der Waals surface area contributed by atoms with E-state index in [0.717, 1.165) is 0 Å². The molecule has 0 saturated carbocycles. The Morgan fingerprint density at radius 2 is 1.82 bits per heavy atom. The molecule has 0 aliphatic carbocycles. The number of hydrogen-bond donors (Lipinski definition) is 0. The van der Waals surface area contributed by atoms with Crippen molar-refractivity contribution in [3.8, 4) is 0 Å². The summed E-state index contributed by atoms with van der Waals surface area (Å²) in [5.74, 6) is 0.172. The molecule has 8 nitrogen and oxygen atoms in total. The summed E-state index contributed by atoms with van der Waals surface area (Å²) in [6.45, 7) is 0.806. The van der Waals surface area contributed by atoms with E-state index in [1.165, 1.54) is 22.5 Å². The van der Waals surface area contributed by atoms with Crippen LogP contribution >= 0.6 is 23.2 Å². The molecule has 1 aliphatic rings. The van der Waals surface area contributed by atoms with Gasteiger partial charge in [0.1, 0.15) is 10.6 Å². The quantitative estimate of drug-likeness (QED) is 0.623. The summed E-state index contributed by atoms with van der Waals surface area (Å²) in [6.07, 6.45) is 4.96. The fourth-order valence-corrected chi connectivity index (χ4v) is 5.21. The topological polar surface area (TPSA) is 87.9 Å². The highest BCUT2D eigenvalue weighted by molar-refractivity contribution is 7.89. The number of carbonyl (C=O) groups is 1. The summed E-state index contributed by atoms with van der Waals surface area (Å²) >= 11 is 12.0. The smallest absolute Gasteiger partial charge is 0.274 e. The minimum atomic E-state index is -3.80. The maximum atomic E-state index is 12.9. The first kappa shape index (κ1) is 19.1. The average Bonchev–Trinajstić information content (AvgIpc) is 3.13. The van der Waals surface area contributed by atoms with E-state index in [0.29, 0.717) is 5.78 Å². The predicted molar refractivity (Wildman–Crippen MR) is 104 cm³/mol. The number of imidazole rings is 1. The predicted octanol–water partition coefficient (Wildman–Crippen LogP) is 2.18. The van der Waals surface area contributed by atoms with Crippen molar-refractivity contribution < 1.29 is 13.2 Å². The van der Waals surface area contributed by atoms with Crippen molar-refractivity contribution in [3.63, 3.8) is 0 Å². The Morgan fingerprint density at radius 3 is 2.54 bits per heavy atom. The van der Waals surface area contributed by atoms with E-state index in [9.17, 15) is 13.2 Å². The zero-order valence-corrected chi connectivity index (χ0v) is 16.8. The number of nitrogens with zero attached hydrogens (tertiary/aromatic N) is 5. The van der Waals surface area contributed by atoms with E-state index in [2.05, 4.69) is 9.97 Å². The number of aromatic nitrogens is 3. The average molecular weight is 440 g/mol.